The molecule has 1 saturated heterocycles. The van der Waals surface area contributed by atoms with Crippen LogP contribution in [0.2, 0.25) is 5.02 Å². The maximum Gasteiger partial charge on any atom is 0.234 e. The zero-order valence-electron chi connectivity index (χ0n) is 18.4. The number of hydrogen-bond donors (Lipinski definition) is 0. The lowest BCUT2D eigenvalue weighted by atomic mass is 10.1. The van der Waals surface area contributed by atoms with Crippen LogP contribution in [0.4, 0.5) is 0 Å². The third kappa shape index (κ3) is 4.60. The Hall–Kier alpha value is -2.55. The first kappa shape index (κ1) is 22.3. The van der Waals surface area contributed by atoms with Gasteiger partial charge in [0.2, 0.25) is 15.9 Å². The molecule has 1 aliphatic carbocycles. The first-order chi connectivity index (χ1) is 16.0. The van der Waals surface area contributed by atoms with Crippen molar-refractivity contribution in [3.05, 3.63) is 59.6 Å². The highest BCUT2D eigenvalue weighted by Gasteiger charge is 2.41. The Morgan fingerprint density at radius 1 is 1.00 bits per heavy atom. The van der Waals surface area contributed by atoms with Crippen LogP contribution in [0.15, 0.2) is 54.6 Å². The number of halogens is 1. The van der Waals surface area contributed by atoms with Gasteiger partial charge >= 0.3 is 0 Å². The van der Waals surface area contributed by atoms with Crippen LogP contribution in [0.3, 0.4) is 0 Å². The quantitative estimate of drug-likeness (QED) is 0.489. The lowest BCUT2D eigenvalue weighted by Crippen LogP contribution is -2.43. The van der Waals surface area contributed by atoms with E-state index >= 15 is 0 Å². The second kappa shape index (κ2) is 9.00. The van der Waals surface area contributed by atoms with Gasteiger partial charge in [-0.05, 0) is 49.9 Å². The van der Waals surface area contributed by atoms with Crippen molar-refractivity contribution in [2.24, 2.45) is 0 Å². The molecule has 7 nitrogen and oxygen atoms in total. The van der Waals surface area contributed by atoms with Gasteiger partial charge in [-0.15, -0.1) is 5.10 Å². The number of hydrogen-bond acceptors (Lipinski definition) is 5. The normalized spacial score (nSPS) is 17.8. The molecule has 0 unspecified atom stereocenters. The van der Waals surface area contributed by atoms with E-state index in [1.165, 1.54) is 0 Å². The molecule has 0 atom stereocenters. The molecule has 33 heavy (non-hydrogen) atoms. The second-order valence-corrected chi connectivity index (χ2v) is 11.1. The summed E-state index contributed by atoms with van der Waals surface area (Å²) < 4.78 is 40.2. The summed E-state index contributed by atoms with van der Waals surface area (Å²) >= 11 is 6.09. The van der Waals surface area contributed by atoms with E-state index in [9.17, 15) is 8.42 Å². The Bertz CT molecular complexity index is 1230. The van der Waals surface area contributed by atoms with Crippen molar-refractivity contribution in [2.75, 3.05) is 20.2 Å². The fourth-order valence-corrected chi connectivity index (χ4v) is 6.18. The van der Waals surface area contributed by atoms with Gasteiger partial charge < -0.3 is 9.47 Å². The van der Waals surface area contributed by atoms with Gasteiger partial charge in [0.25, 0.3) is 0 Å². The highest BCUT2D eigenvalue weighted by atomic mass is 35.5. The van der Waals surface area contributed by atoms with Crippen molar-refractivity contribution in [1.29, 1.82) is 0 Å². The number of methoxy groups -OCH3 is 1. The standard InChI is InChI=1S/C24H26ClN3O4S/c1-31-23-5-3-2-4-21(23)28-22(17-6-8-18(25)9-7-17)16-24(26-28)32-19-12-14-27(15-13-19)33(29,30)20-10-11-20/h2-9,16,19-20H,10-15H2,1H3. The molecule has 2 aromatic carbocycles. The number of nitrogens with zero attached hydrogens (tertiary/aromatic N) is 3. The van der Waals surface area contributed by atoms with Crippen molar-refractivity contribution < 1.29 is 17.9 Å². The number of piperidine rings is 1. The zero-order valence-corrected chi connectivity index (χ0v) is 19.9. The minimum absolute atomic E-state index is 0.0882. The summed E-state index contributed by atoms with van der Waals surface area (Å²) in [5.41, 5.74) is 2.59. The minimum Gasteiger partial charge on any atom is -0.494 e. The Balaban J connectivity index is 1.40. The maximum absolute atomic E-state index is 12.5. The average molecular weight is 488 g/mol. The van der Waals surface area contributed by atoms with Crippen molar-refractivity contribution in [2.45, 2.75) is 37.0 Å². The molecule has 2 aliphatic rings. The predicted molar refractivity (Wildman–Crippen MR) is 128 cm³/mol. The lowest BCUT2D eigenvalue weighted by molar-refractivity contribution is 0.129. The van der Waals surface area contributed by atoms with Crippen LogP contribution < -0.4 is 9.47 Å². The third-order valence-electron chi connectivity index (χ3n) is 6.13. The molecule has 2 heterocycles. The summed E-state index contributed by atoms with van der Waals surface area (Å²) in [5, 5.41) is 5.22. The molecule has 0 spiro atoms. The summed E-state index contributed by atoms with van der Waals surface area (Å²) in [5.74, 6) is 1.19. The van der Waals surface area contributed by atoms with Gasteiger partial charge in [-0.1, -0.05) is 35.9 Å². The monoisotopic (exact) mass is 487 g/mol. The number of benzene rings is 2. The van der Waals surface area contributed by atoms with Gasteiger partial charge in [0.15, 0.2) is 0 Å². The van der Waals surface area contributed by atoms with Crippen molar-refractivity contribution in [3.8, 4) is 28.6 Å². The lowest BCUT2D eigenvalue weighted by Gasteiger charge is -2.30. The molecule has 1 aromatic heterocycles. The summed E-state index contributed by atoms with van der Waals surface area (Å²) in [6, 6.07) is 17.1. The van der Waals surface area contributed by atoms with Gasteiger partial charge in [0.05, 0.1) is 18.1 Å². The van der Waals surface area contributed by atoms with Gasteiger partial charge in [0.1, 0.15) is 17.5 Å². The van der Waals surface area contributed by atoms with Gasteiger partial charge in [-0.2, -0.15) is 0 Å². The van der Waals surface area contributed by atoms with Crippen LogP contribution in [0.25, 0.3) is 16.9 Å². The van der Waals surface area contributed by atoms with E-state index in [0.29, 0.717) is 42.6 Å². The number of rotatable bonds is 7. The van der Waals surface area contributed by atoms with Crippen LogP contribution in [0, 0.1) is 0 Å². The summed E-state index contributed by atoms with van der Waals surface area (Å²) in [6.45, 7) is 0.974. The third-order valence-corrected chi connectivity index (χ3v) is 8.78. The van der Waals surface area contributed by atoms with Gasteiger partial charge in [-0.25, -0.2) is 17.4 Å². The average Bonchev–Trinajstić information content (AvgIpc) is 3.62. The molecule has 5 rings (SSSR count). The first-order valence-electron chi connectivity index (χ1n) is 11.1. The number of aromatic nitrogens is 2. The van der Waals surface area contributed by atoms with Crippen LogP contribution in [-0.4, -0.2) is 54.1 Å². The molecule has 0 amide bonds. The van der Waals surface area contributed by atoms with Crippen molar-refractivity contribution >= 4 is 21.6 Å². The molecule has 0 N–H and O–H groups in total. The molecule has 1 aliphatic heterocycles. The van der Waals surface area contributed by atoms with E-state index in [1.807, 2.05) is 59.3 Å². The molecule has 174 valence electrons. The number of sulfonamides is 1. The zero-order chi connectivity index (χ0) is 23.0. The highest BCUT2D eigenvalue weighted by molar-refractivity contribution is 7.90. The van der Waals surface area contributed by atoms with E-state index < -0.39 is 10.0 Å². The Kier molecular flexibility index (Phi) is 6.07. The Labute approximate surface area is 198 Å². The molecule has 9 heteroatoms. The molecular weight excluding hydrogens is 462 g/mol. The highest BCUT2D eigenvalue weighted by Crippen LogP contribution is 2.34. The Morgan fingerprint density at radius 3 is 2.36 bits per heavy atom. The molecule has 0 bridgehead atoms. The largest absolute Gasteiger partial charge is 0.494 e. The van der Waals surface area contributed by atoms with Gasteiger partial charge in [-0.3, -0.25) is 0 Å². The fourth-order valence-electron chi connectivity index (χ4n) is 4.18. The van der Waals surface area contributed by atoms with Crippen LogP contribution >= 0.6 is 11.6 Å². The Morgan fingerprint density at radius 2 is 1.70 bits per heavy atom. The van der Waals surface area contributed by atoms with Crippen LogP contribution in [0.5, 0.6) is 11.6 Å². The van der Waals surface area contributed by atoms with Crippen LogP contribution in [-0.2, 0) is 10.0 Å². The topological polar surface area (TPSA) is 73.7 Å². The van der Waals surface area contributed by atoms with E-state index in [4.69, 9.17) is 26.2 Å². The summed E-state index contributed by atoms with van der Waals surface area (Å²) in [6.07, 6.45) is 2.77. The summed E-state index contributed by atoms with van der Waals surface area (Å²) in [4.78, 5) is 0. The molecular formula is C24H26ClN3O4S. The number of ether oxygens (including phenoxy) is 2. The van der Waals surface area contributed by atoms with E-state index in [-0.39, 0.29) is 11.4 Å². The van der Waals surface area contributed by atoms with Crippen molar-refractivity contribution in [1.82, 2.24) is 14.1 Å². The fraction of sp³-hybridized carbons (Fsp3) is 0.375. The molecule has 1 saturated carbocycles. The van der Waals surface area contributed by atoms with Crippen LogP contribution in [0.1, 0.15) is 25.7 Å². The molecule has 0 radical (unpaired) electrons. The molecule has 3 aromatic rings. The van der Waals surface area contributed by atoms with Gasteiger partial charge in [0, 0.05) is 29.7 Å². The van der Waals surface area contributed by atoms with E-state index in [0.717, 1.165) is 29.8 Å². The minimum atomic E-state index is -3.14. The second-order valence-electron chi connectivity index (χ2n) is 8.42. The van der Waals surface area contributed by atoms with E-state index in [1.54, 1.807) is 11.4 Å². The van der Waals surface area contributed by atoms with E-state index in [2.05, 4.69) is 0 Å². The number of para-hydroxylation sites is 2. The SMILES string of the molecule is COc1ccccc1-n1nc(OC2CCN(S(=O)(=O)C3CC3)CC2)cc1-c1ccc(Cl)cc1. The predicted octanol–water partition coefficient (Wildman–Crippen LogP) is 4.54. The molecule has 2 fully saturated rings. The van der Waals surface area contributed by atoms with Crippen molar-refractivity contribution in [3.63, 3.8) is 0 Å². The smallest absolute Gasteiger partial charge is 0.234 e. The first-order valence-corrected chi connectivity index (χ1v) is 13.0. The summed E-state index contributed by atoms with van der Waals surface area (Å²) in [7, 11) is -1.51. The maximum atomic E-state index is 12.5.